The Labute approximate surface area is 113 Å². The molecule has 3 heteroatoms. The summed E-state index contributed by atoms with van der Waals surface area (Å²) in [6.07, 6.45) is 0. The van der Waals surface area contributed by atoms with E-state index in [-0.39, 0.29) is 34.1 Å². The number of hydrogen-bond donors (Lipinski definition) is 0. The summed E-state index contributed by atoms with van der Waals surface area (Å²) in [5.74, 6) is 0. The van der Waals surface area contributed by atoms with E-state index in [1.54, 1.807) is 0 Å². The van der Waals surface area contributed by atoms with Crippen LogP contribution in [-0.4, -0.2) is 47.2 Å². The third-order valence-corrected chi connectivity index (χ3v) is 1.26. The Morgan fingerprint density at radius 2 is 0.867 bits per heavy atom. The molecule has 0 aromatic rings. The Hall–Kier alpha value is 0.686. The van der Waals surface area contributed by atoms with Gasteiger partial charge in [0, 0.05) is 0 Å². The monoisotopic (exact) mass is 224 g/mol. The van der Waals surface area contributed by atoms with E-state index in [1.165, 1.54) is 0 Å². The van der Waals surface area contributed by atoms with Crippen molar-refractivity contribution in [3.63, 3.8) is 0 Å². The first kappa shape index (κ1) is 21.0. The van der Waals surface area contributed by atoms with Gasteiger partial charge in [-0.1, -0.05) is 55.4 Å². The number of nitrogens with zero attached hydrogens (tertiary/aromatic N) is 2. The molecule has 0 aliphatic heterocycles. The quantitative estimate of drug-likeness (QED) is 0.635. The maximum atomic E-state index is 4.26. The van der Waals surface area contributed by atoms with Crippen molar-refractivity contribution in [3.8, 4) is 0 Å². The standard InChI is InChI=1S/2C6H14N.Mg/c2*1-5-7-6(2,3)4;/h2*5H2,1-4H3;/q2*-1;+2. The average Bonchev–Trinajstić information content (AvgIpc) is 1.81. The van der Waals surface area contributed by atoms with Crippen molar-refractivity contribution < 1.29 is 0 Å². The van der Waals surface area contributed by atoms with Crippen LogP contribution in [0.3, 0.4) is 0 Å². The van der Waals surface area contributed by atoms with E-state index in [0.29, 0.717) is 0 Å². The van der Waals surface area contributed by atoms with E-state index in [1.807, 2.05) is 0 Å². The van der Waals surface area contributed by atoms with Gasteiger partial charge < -0.3 is 10.6 Å². The van der Waals surface area contributed by atoms with Crippen molar-refractivity contribution in [1.29, 1.82) is 0 Å². The minimum Gasteiger partial charge on any atom is -0.658 e. The molecule has 2 nitrogen and oxygen atoms in total. The Balaban J connectivity index is -0.000000180. The molecular formula is C12H28MgN2. The van der Waals surface area contributed by atoms with Crippen LogP contribution in [0.5, 0.6) is 0 Å². The molecule has 0 aromatic carbocycles. The molecule has 88 valence electrons. The molecule has 0 aromatic heterocycles. The third-order valence-electron chi connectivity index (χ3n) is 1.26. The molecule has 0 aliphatic carbocycles. The molecule has 0 saturated carbocycles. The molecule has 0 heterocycles. The Morgan fingerprint density at radius 3 is 0.867 bits per heavy atom. The molecule has 15 heavy (non-hydrogen) atoms. The first-order valence-electron chi connectivity index (χ1n) is 5.49. The molecule has 0 spiro atoms. The molecule has 0 bridgehead atoms. The van der Waals surface area contributed by atoms with E-state index >= 15 is 0 Å². The van der Waals surface area contributed by atoms with Gasteiger partial charge in [0.05, 0.1) is 0 Å². The van der Waals surface area contributed by atoms with Crippen LogP contribution < -0.4 is 0 Å². The van der Waals surface area contributed by atoms with Crippen molar-refractivity contribution in [2.24, 2.45) is 0 Å². The summed E-state index contributed by atoms with van der Waals surface area (Å²) < 4.78 is 0. The van der Waals surface area contributed by atoms with E-state index in [0.717, 1.165) is 13.1 Å². The molecule has 0 amide bonds. The van der Waals surface area contributed by atoms with Crippen molar-refractivity contribution in [2.75, 3.05) is 13.1 Å². The molecule has 0 aliphatic rings. The van der Waals surface area contributed by atoms with Crippen LogP contribution in [0.4, 0.5) is 0 Å². The van der Waals surface area contributed by atoms with Crippen LogP contribution in [0.2, 0.25) is 0 Å². The zero-order valence-electron chi connectivity index (χ0n) is 12.0. The van der Waals surface area contributed by atoms with Gasteiger partial charge in [-0.2, -0.15) is 13.1 Å². The van der Waals surface area contributed by atoms with Gasteiger partial charge in [0.2, 0.25) is 0 Å². The maximum Gasteiger partial charge on any atom is 2.00 e. The summed E-state index contributed by atoms with van der Waals surface area (Å²) in [5.41, 5.74) is 0.351. The molecule has 0 unspecified atom stereocenters. The molecular weight excluding hydrogens is 196 g/mol. The average molecular weight is 225 g/mol. The molecule has 0 radical (unpaired) electrons. The maximum absolute atomic E-state index is 4.26. The largest absolute Gasteiger partial charge is 2.00 e. The van der Waals surface area contributed by atoms with Crippen LogP contribution >= 0.6 is 0 Å². The predicted octanol–water partition coefficient (Wildman–Crippen LogP) is 3.98. The van der Waals surface area contributed by atoms with Crippen LogP contribution in [0.25, 0.3) is 10.6 Å². The van der Waals surface area contributed by atoms with Crippen LogP contribution in [0.1, 0.15) is 55.4 Å². The SMILES string of the molecule is CC[N-]C(C)(C)C.CC[N-]C(C)(C)C.[Mg+2]. The second-order valence-electron chi connectivity index (χ2n) is 5.29. The van der Waals surface area contributed by atoms with Crippen LogP contribution in [0.15, 0.2) is 0 Å². The van der Waals surface area contributed by atoms with Crippen molar-refractivity contribution >= 4 is 23.1 Å². The topological polar surface area (TPSA) is 28.2 Å². The third kappa shape index (κ3) is 31.3. The zero-order valence-corrected chi connectivity index (χ0v) is 13.4. The Kier molecular flexibility index (Phi) is 13.8. The van der Waals surface area contributed by atoms with Gasteiger partial charge >= 0.3 is 23.1 Å². The molecule has 0 atom stereocenters. The zero-order chi connectivity index (χ0) is 11.8. The van der Waals surface area contributed by atoms with Crippen LogP contribution in [0, 0.1) is 0 Å². The van der Waals surface area contributed by atoms with E-state index in [2.05, 4.69) is 66.0 Å². The van der Waals surface area contributed by atoms with Crippen molar-refractivity contribution in [1.82, 2.24) is 0 Å². The summed E-state index contributed by atoms with van der Waals surface area (Å²) in [7, 11) is 0. The number of rotatable bonds is 2. The van der Waals surface area contributed by atoms with Gasteiger partial charge in [0.15, 0.2) is 0 Å². The van der Waals surface area contributed by atoms with Gasteiger partial charge in [-0.3, -0.25) is 0 Å². The Morgan fingerprint density at radius 1 is 0.667 bits per heavy atom. The first-order valence-corrected chi connectivity index (χ1v) is 5.49. The fourth-order valence-electron chi connectivity index (χ4n) is 0.949. The molecule has 0 saturated heterocycles. The summed E-state index contributed by atoms with van der Waals surface area (Å²) in [5, 5.41) is 8.51. The van der Waals surface area contributed by atoms with Gasteiger partial charge in [-0.25, -0.2) is 0 Å². The van der Waals surface area contributed by atoms with Crippen LogP contribution in [-0.2, 0) is 0 Å². The fourth-order valence-corrected chi connectivity index (χ4v) is 0.949. The van der Waals surface area contributed by atoms with Gasteiger partial charge in [0.25, 0.3) is 0 Å². The van der Waals surface area contributed by atoms with E-state index in [4.69, 9.17) is 0 Å². The normalized spacial score (nSPS) is 11.2. The smallest absolute Gasteiger partial charge is 0.658 e. The first-order chi connectivity index (χ1) is 6.12. The summed E-state index contributed by atoms with van der Waals surface area (Å²) >= 11 is 0. The second kappa shape index (κ2) is 9.88. The van der Waals surface area contributed by atoms with Gasteiger partial charge in [-0.15, -0.1) is 11.1 Å². The van der Waals surface area contributed by atoms with E-state index in [9.17, 15) is 0 Å². The minimum atomic E-state index is 0. The molecule has 0 N–H and O–H groups in total. The summed E-state index contributed by atoms with van der Waals surface area (Å²) in [6, 6.07) is 0. The van der Waals surface area contributed by atoms with Gasteiger partial charge in [-0.05, 0) is 0 Å². The van der Waals surface area contributed by atoms with E-state index < -0.39 is 0 Å². The minimum absolute atomic E-state index is 0. The summed E-state index contributed by atoms with van der Waals surface area (Å²) in [4.78, 5) is 0. The van der Waals surface area contributed by atoms with Crippen molar-refractivity contribution in [2.45, 2.75) is 66.5 Å². The van der Waals surface area contributed by atoms with Gasteiger partial charge in [0.1, 0.15) is 0 Å². The summed E-state index contributed by atoms with van der Waals surface area (Å²) in [6.45, 7) is 18.6. The molecule has 0 fully saturated rings. The number of hydrogen-bond acceptors (Lipinski definition) is 0. The fraction of sp³-hybridized carbons (Fsp3) is 1.00. The second-order valence-corrected chi connectivity index (χ2v) is 5.29. The Bertz CT molecular complexity index is 107. The predicted molar refractivity (Wildman–Crippen MR) is 73.1 cm³/mol. The van der Waals surface area contributed by atoms with Crippen molar-refractivity contribution in [3.05, 3.63) is 10.6 Å². The molecule has 0 rings (SSSR count).